The average molecular weight is 332 g/mol. The molecule has 1 aromatic rings. The summed E-state index contributed by atoms with van der Waals surface area (Å²) in [5, 5.41) is 10.3. The zero-order valence-electron chi connectivity index (χ0n) is 15.0. The third kappa shape index (κ3) is 5.20. The first kappa shape index (κ1) is 17.7. The number of nitrogens with zero attached hydrogens (tertiary/aromatic N) is 2. The van der Waals surface area contributed by atoms with Gasteiger partial charge in [-0.25, -0.2) is 0 Å². The molecule has 1 saturated heterocycles. The van der Waals surface area contributed by atoms with E-state index < -0.39 is 6.10 Å². The van der Waals surface area contributed by atoms with Gasteiger partial charge in [-0.15, -0.1) is 0 Å². The van der Waals surface area contributed by atoms with E-state index in [1.807, 2.05) is 18.2 Å². The Bertz CT molecular complexity index is 494. The Hall–Kier alpha value is -1.10. The van der Waals surface area contributed by atoms with E-state index in [9.17, 15) is 5.11 Å². The zero-order valence-corrected chi connectivity index (χ0v) is 15.0. The lowest BCUT2D eigenvalue weighted by Crippen LogP contribution is -2.52. The summed E-state index contributed by atoms with van der Waals surface area (Å²) >= 11 is 0. The highest BCUT2D eigenvalue weighted by Gasteiger charge is 2.25. The van der Waals surface area contributed by atoms with Gasteiger partial charge in [0.2, 0.25) is 0 Å². The molecule has 3 rings (SSSR count). The normalized spacial score (nSPS) is 22.4. The number of piperazine rings is 1. The second-order valence-electron chi connectivity index (χ2n) is 7.41. The molecular weight excluding hydrogens is 300 g/mol. The van der Waals surface area contributed by atoms with Crippen molar-refractivity contribution in [3.8, 4) is 5.75 Å². The molecule has 0 amide bonds. The lowest BCUT2D eigenvalue weighted by atomic mass is 9.94. The van der Waals surface area contributed by atoms with Crippen molar-refractivity contribution in [1.29, 1.82) is 0 Å². The van der Waals surface area contributed by atoms with Gasteiger partial charge in [0.1, 0.15) is 18.5 Å². The maximum absolute atomic E-state index is 10.3. The van der Waals surface area contributed by atoms with E-state index in [4.69, 9.17) is 4.74 Å². The molecule has 4 heteroatoms. The van der Waals surface area contributed by atoms with Crippen molar-refractivity contribution in [2.24, 2.45) is 0 Å². The van der Waals surface area contributed by atoms with Crippen LogP contribution >= 0.6 is 0 Å². The first-order chi connectivity index (χ1) is 11.7. The van der Waals surface area contributed by atoms with Crippen LogP contribution in [-0.2, 0) is 0 Å². The van der Waals surface area contributed by atoms with E-state index in [1.54, 1.807) is 0 Å². The van der Waals surface area contributed by atoms with Crippen LogP contribution in [0, 0.1) is 6.92 Å². The van der Waals surface area contributed by atoms with E-state index in [2.05, 4.69) is 22.8 Å². The van der Waals surface area contributed by atoms with Crippen LogP contribution in [0.15, 0.2) is 24.3 Å². The van der Waals surface area contributed by atoms with Gasteiger partial charge in [-0.05, 0) is 37.5 Å². The molecule has 0 bridgehead atoms. The summed E-state index contributed by atoms with van der Waals surface area (Å²) in [6.45, 7) is 7.56. The molecule has 0 spiro atoms. The summed E-state index contributed by atoms with van der Waals surface area (Å²) in [7, 11) is 0. The summed E-state index contributed by atoms with van der Waals surface area (Å²) in [4.78, 5) is 5.05. The Morgan fingerprint density at radius 3 is 2.58 bits per heavy atom. The number of hydrogen-bond donors (Lipinski definition) is 1. The number of ether oxygens (including phenoxy) is 1. The Balaban J connectivity index is 1.36. The fraction of sp³-hybridized carbons (Fsp3) is 0.700. The molecule has 2 aliphatic rings. The minimum Gasteiger partial charge on any atom is -0.491 e. The van der Waals surface area contributed by atoms with Gasteiger partial charge in [0, 0.05) is 38.8 Å². The molecule has 0 radical (unpaired) electrons. The number of β-amino-alcohol motifs (C(OH)–C–C–N with tert-alkyl or cyclic N) is 1. The number of aliphatic hydroxyl groups excluding tert-OH is 1. The predicted octanol–water partition coefficient (Wildman–Crippen LogP) is 2.69. The molecule has 2 fully saturated rings. The zero-order chi connectivity index (χ0) is 16.8. The van der Waals surface area contributed by atoms with Crippen molar-refractivity contribution in [3.05, 3.63) is 29.8 Å². The third-order valence-corrected chi connectivity index (χ3v) is 5.40. The minimum atomic E-state index is -0.424. The van der Waals surface area contributed by atoms with Crippen LogP contribution in [-0.4, -0.2) is 66.4 Å². The molecule has 134 valence electrons. The smallest absolute Gasteiger partial charge is 0.119 e. The van der Waals surface area contributed by atoms with Gasteiger partial charge in [0.25, 0.3) is 0 Å². The molecule has 1 aliphatic carbocycles. The van der Waals surface area contributed by atoms with Crippen LogP contribution in [0.25, 0.3) is 0 Å². The number of hydrogen-bond acceptors (Lipinski definition) is 4. The van der Waals surface area contributed by atoms with Gasteiger partial charge in [-0.1, -0.05) is 31.4 Å². The highest BCUT2D eigenvalue weighted by molar-refractivity contribution is 5.27. The van der Waals surface area contributed by atoms with Crippen molar-refractivity contribution >= 4 is 0 Å². The average Bonchev–Trinajstić information content (AvgIpc) is 2.61. The first-order valence-corrected chi connectivity index (χ1v) is 9.54. The van der Waals surface area contributed by atoms with E-state index >= 15 is 0 Å². The summed E-state index contributed by atoms with van der Waals surface area (Å²) in [5.74, 6) is 0.844. The SMILES string of the molecule is Cc1cccc(OC[C@H](O)CN2CCN(C3CCCCC3)CC2)c1. The van der Waals surface area contributed by atoms with E-state index in [0.29, 0.717) is 13.2 Å². The van der Waals surface area contributed by atoms with E-state index in [-0.39, 0.29) is 0 Å². The fourth-order valence-corrected chi connectivity index (χ4v) is 4.01. The van der Waals surface area contributed by atoms with Crippen LogP contribution in [0.3, 0.4) is 0 Å². The van der Waals surface area contributed by atoms with Crippen molar-refractivity contribution in [2.45, 2.75) is 51.2 Å². The van der Waals surface area contributed by atoms with Crippen molar-refractivity contribution in [3.63, 3.8) is 0 Å². The molecule has 1 aliphatic heterocycles. The van der Waals surface area contributed by atoms with Gasteiger partial charge in [-0.2, -0.15) is 0 Å². The molecule has 1 saturated carbocycles. The summed E-state index contributed by atoms with van der Waals surface area (Å²) in [6, 6.07) is 8.81. The monoisotopic (exact) mass is 332 g/mol. The van der Waals surface area contributed by atoms with E-state index in [0.717, 1.165) is 38.0 Å². The van der Waals surface area contributed by atoms with Crippen LogP contribution in [0.5, 0.6) is 5.75 Å². The number of rotatable bonds is 6. The van der Waals surface area contributed by atoms with Crippen molar-refractivity contribution < 1.29 is 9.84 Å². The minimum absolute atomic E-state index is 0.367. The maximum Gasteiger partial charge on any atom is 0.119 e. The summed E-state index contributed by atoms with van der Waals surface area (Å²) in [6.07, 6.45) is 6.57. The molecule has 1 N–H and O–H groups in total. The molecule has 0 aromatic heterocycles. The van der Waals surface area contributed by atoms with Gasteiger partial charge < -0.3 is 9.84 Å². The van der Waals surface area contributed by atoms with Crippen LogP contribution in [0.2, 0.25) is 0 Å². The third-order valence-electron chi connectivity index (χ3n) is 5.40. The van der Waals surface area contributed by atoms with Crippen molar-refractivity contribution in [2.75, 3.05) is 39.3 Å². The molecule has 24 heavy (non-hydrogen) atoms. The Morgan fingerprint density at radius 1 is 1.12 bits per heavy atom. The van der Waals surface area contributed by atoms with Gasteiger partial charge in [-0.3, -0.25) is 9.80 Å². The topological polar surface area (TPSA) is 35.9 Å². The van der Waals surface area contributed by atoms with Crippen molar-refractivity contribution in [1.82, 2.24) is 9.80 Å². The maximum atomic E-state index is 10.3. The van der Waals surface area contributed by atoms with Crippen LogP contribution in [0.4, 0.5) is 0 Å². The Kier molecular flexibility index (Phi) is 6.52. The largest absolute Gasteiger partial charge is 0.491 e. The van der Waals surface area contributed by atoms with Crippen LogP contribution in [0.1, 0.15) is 37.7 Å². The summed E-state index contributed by atoms with van der Waals surface area (Å²) in [5.41, 5.74) is 1.18. The molecule has 1 atom stereocenters. The predicted molar refractivity (Wildman–Crippen MR) is 97.6 cm³/mol. The van der Waals surface area contributed by atoms with Gasteiger partial charge >= 0.3 is 0 Å². The van der Waals surface area contributed by atoms with Gasteiger partial charge in [0.05, 0.1) is 0 Å². The standard InChI is InChI=1S/C20H32N2O2/c1-17-6-5-9-20(14-17)24-16-19(23)15-21-10-12-22(13-11-21)18-7-3-2-4-8-18/h5-6,9,14,18-19,23H,2-4,7-8,10-13,15-16H2,1H3/t19-/m1/s1. The number of aliphatic hydroxyl groups is 1. The summed E-state index contributed by atoms with van der Waals surface area (Å²) < 4.78 is 5.72. The first-order valence-electron chi connectivity index (χ1n) is 9.54. The van der Waals surface area contributed by atoms with Crippen LogP contribution < -0.4 is 4.74 Å². The molecular formula is C20H32N2O2. The highest BCUT2D eigenvalue weighted by atomic mass is 16.5. The lowest BCUT2D eigenvalue weighted by molar-refractivity contribution is 0.0312. The molecule has 4 nitrogen and oxygen atoms in total. The van der Waals surface area contributed by atoms with Gasteiger partial charge in [0.15, 0.2) is 0 Å². The highest BCUT2D eigenvalue weighted by Crippen LogP contribution is 2.23. The Morgan fingerprint density at radius 2 is 1.88 bits per heavy atom. The van der Waals surface area contributed by atoms with E-state index in [1.165, 1.54) is 37.7 Å². The molecule has 1 heterocycles. The number of benzene rings is 1. The number of aryl methyl sites for hydroxylation is 1. The molecule has 0 unspecified atom stereocenters. The fourth-order valence-electron chi connectivity index (χ4n) is 4.01. The molecule has 1 aromatic carbocycles. The lowest BCUT2D eigenvalue weighted by Gasteiger charge is -2.41. The second kappa shape index (κ2) is 8.84. The quantitative estimate of drug-likeness (QED) is 0.869. The second-order valence-corrected chi connectivity index (χ2v) is 7.41. The Labute approximate surface area is 146 Å².